The first-order valence-corrected chi connectivity index (χ1v) is 4.96. The number of nitrogens with zero attached hydrogens (tertiary/aromatic N) is 2. The standard InChI is InChI=1S/C9H11ClN4O/c10-5-1-8(15)14(4-5)9-6(11)2-13-3-7(9)12/h2-3,5H,1,4,11-12H2. The molecular formula is C9H11ClN4O. The van der Waals surface area contributed by atoms with Gasteiger partial charge in [-0.15, -0.1) is 11.6 Å². The van der Waals surface area contributed by atoms with Crippen LogP contribution < -0.4 is 16.4 Å². The summed E-state index contributed by atoms with van der Waals surface area (Å²) in [6, 6.07) is 0. The number of hydrogen-bond acceptors (Lipinski definition) is 4. The summed E-state index contributed by atoms with van der Waals surface area (Å²) in [6.07, 6.45) is 3.27. The fraction of sp³-hybridized carbons (Fsp3) is 0.333. The van der Waals surface area contributed by atoms with E-state index >= 15 is 0 Å². The number of halogens is 1. The highest BCUT2D eigenvalue weighted by Crippen LogP contribution is 2.33. The maximum atomic E-state index is 11.6. The van der Waals surface area contributed by atoms with Crippen LogP contribution in [0.1, 0.15) is 6.42 Å². The molecule has 1 saturated heterocycles. The minimum atomic E-state index is -0.176. The van der Waals surface area contributed by atoms with Gasteiger partial charge in [0.1, 0.15) is 0 Å². The van der Waals surface area contributed by atoms with Crippen molar-refractivity contribution in [3.05, 3.63) is 12.4 Å². The van der Waals surface area contributed by atoms with Crippen LogP contribution in [0.15, 0.2) is 12.4 Å². The van der Waals surface area contributed by atoms with Crippen LogP contribution >= 0.6 is 11.6 Å². The molecule has 15 heavy (non-hydrogen) atoms. The van der Waals surface area contributed by atoms with Crippen LogP contribution in [-0.2, 0) is 4.79 Å². The number of rotatable bonds is 1. The lowest BCUT2D eigenvalue weighted by atomic mass is 10.3. The zero-order valence-electron chi connectivity index (χ0n) is 7.98. The van der Waals surface area contributed by atoms with Gasteiger partial charge in [-0.25, -0.2) is 0 Å². The number of aromatic nitrogens is 1. The van der Waals surface area contributed by atoms with Crippen LogP contribution in [-0.4, -0.2) is 22.8 Å². The molecule has 1 fully saturated rings. The summed E-state index contributed by atoms with van der Waals surface area (Å²) in [5, 5.41) is -0.176. The first-order valence-electron chi connectivity index (χ1n) is 4.53. The van der Waals surface area contributed by atoms with Gasteiger partial charge in [0.25, 0.3) is 0 Å². The molecule has 1 aliphatic heterocycles. The van der Waals surface area contributed by atoms with Crippen molar-refractivity contribution in [3.8, 4) is 0 Å². The number of pyridine rings is 1. The second-order valence-corrected chi connectivity index (χ2v) is 4.09. The molecular weight excluding hydrogens is 216 g/mol. The van der Waals surface area contributed by atoms with Crippen LogP contribution in [0, 0.1) is 0 Å². The van der Waals surface area contributed by atoms with Gasteiger partial charge in [0.15, 0.2) is 0 Å². The first kappa shape index (κ1) is 10.0. The molecule has 0 aromatic carbocycles. The Morgan fingerprint density at radius 2 is 2.00 bits per heavy atom. The molecule has 2 heterocycles. The Hall–Kier alpha value is -1.49. The molecule has 80 valence electrons. The van der Waals surface area contributed by atoms with Gasteiger partial charge in [0.2, 0.25) is 5.91 Å². The second-order valence-electron chi connectivity index (χ2n) is 3.47. The Labute approximate surface area is 92.0 Å². The van der Waals surface area contributed by atoms with Crippen molar-refractivity contribution >= 4 is 34.6 Å². The topological polar surface area (TPSA) is 85.2 Å². The summed E-state index contributed by atoms with van der Waals surface area (Å²) >= 11 is 5.90. The number of alkyl halides is 1. The summed E-state index contributed by atoms with van der Waals surface area (Å²) in [5.41, 5.74) is 12.8. The summed E-state index contributed by atoms with van der Waals surface area (Å²) in [7, 11) is 0. The third-order valence-electron chi connectivity index (χ3n) is 2.32. The van der Waals surface area contributed by atoms with Gasteiger partial charge in [0.05, 0.1) is 34.8 Å². The predicted octanol–water partition coefficient (Wildman–Crippen LogP) is 0.590. The van der Waals surface area contributed by atoms with E-state index in [2.05, 4.69) is 4.98 Å². The Kier molecular flexibility index (Phi) is 2.40. The Morgan fingerprint density at radius 3 is 2.47 bits per heavy atom. The number of nitrogens with two attached hydrogens (primary N) is 2. The van der Waals surface area contributed by atoms with Gasteiger partial charge in [-0.1, -0.05) is 0 Å². The fourth-order valence-electron chi connectivity index (χ4n) is 1.68. The average Bonchev–Trinajstić information content (AvgIpc) is 2.45. The first-order chi connectivity index (χ1) is 7.09. The third-order valence-corrected chi connectivity index (χ3v) is 2.61. The summed E-state index contributed by atoms with van der Waals surface area (Å²) in [4.78, 5) is 17.0. The van der Waals surface area contributed by atoms with Crippen LogP contribution in [0.5, 0.6) is 0 Å². The zero-order valence-corrected chi connectivity index (χ0v) is 8.74. The third kappa shape index (κ3) is 1.70. The predicted molar refractivity (Wildman–Crippen MR) is 59.7 cm³/mol. The largest absolute Gasteiger partial charge is 0.396 e. The second kappa shape index (κ2) is 3.58. The van der Waals surface area contributed by atoms with Crippen molar-refractivity contribution in [2.24, 2.45) is 0 Å². The molecule has 0 bridgehead atoms. The van der Waals surface area contributed by atoms with Gasteiger partial charge in [-0.05, 0) is 0 Å². The van der Waals surface area contributed by atoms with Crippen molar-refractivity contribution in [1.82, 2.24) is 4.98 Å². The fourth-order valence-corrected chi connectivity index (χ4v) is 1.95. The van der Waals surface area contributed by atoms with Gasteiger partial charge in [-0.3, -0.25) is 9.78 Å². The smallest absolute Gasteiger partial charge is 0.228 e. The van der Waals surface area contributed by atoms with E-state index in [4.69, 9.17) is 23.1 Å². The van der Waals surface area contributed by atoms with E-state index in [1.54, 1.807) is 0 Å². The lowest BCUT2D eigenvalue weighted by Gasteiger charge is -2.19. The maximum absolute atomic E-state index is 11.6. The minimum absolute atomic E-state index is 0.0559. The molecule has 1 amide bonds. The van der Waals surface area contributed by atoms with Crippen molar-refractivity contribution < 1.29 is 4.79 Å². The molecule has 5 nitrogen and oxygen atoms in total. The Morgan fingerprint density at radius 1 is 1.40 bits per heavy atom. The molecule has 0 radical (unpaired) electrons. The summed E-state index contributed by atoms with van der Waals surface area (Å²) < 4.78 is 0. The molecule has 1 aromatic heterocycles. The average molecular weight is 227 g/mol. The van der Waals surface area contributed by atoms with Crippen molar-refractivity contribution in [2.75, 3.05) is 22.9 Å². The van der Waals surface area contributed by atoms with Gasteiger partial charge >= 0.3 is 0 Å². The van der Waals surface area contributed by atoms with Gasteiger partial charge in [0, 0.05) is 13.0 Å². The van der Waals surface area contributed by atoms with Crippen LogP contribution in [0.3, 0.4) is 0 Å². The molecule has 0 saturated carbocycles. The number of carbonyl (C=O) groups excluding carboxylic acids is 1. The highest BCUT2D eigenvalue weighted by Gasteiger charge is 2.31. The maximum Gasteiger partial charge on any atom is 0.228 e. The molecule has 0 spiro atoms. The van der Waals surface area contributed by atoms with E-state index in [1.807, 2.05) is 0 Å². The quantitative estimate of drug-likeness (QED) is 0.687. The molecule has 6 heteroatoms. The van der Waals surface area contributed by atoms with Crippen molar-refractivity contribution in [2.45, 2.75) is 11.8 Å². The normalized spacial score (nSPS) is 21.0. The van der Waals surface area contributed by atoms with E-state index in [0.717, 1.165) is 0 Å². The number of nitrogen functional groups attached to an aromatic ring is 2. The van der Waals surface area contributed by atoms with Crippen LogP contribution in [0.2, 0.25) is 0 Å². The molecule has 1 unspecified atom stereocenters. The van der Waals surface area contributed by atoms with E-state index in [1.165, 1.54) is 17.3 Å². The van der Waals surface area contributed by atoms with Crippen molar-refractivity contribution in [1.29, 1.82) is 0 Å². The molecule has 1 atom stereocenters. The Balaban J connectivity index is 2.41. The molecule has 1 aromatic rings. The highest BCUT2D eigenvalue weighted by molar-refractivity contribution is 6.24. The monoisotopic (exact) mass is 226 g/mol. The van der Waals surface area contributed by atoms with E-state index in [0.29, 0.717) is 30.0 Å². The van der Waals surface area contributed by atoms with E-state index in [9.17, 15) is 4.79 Å². The number of amides is 1. The lowest BCUT2D eigenvalue weighted by Crippen LogP contribution is -2.26. The SMILES string of the molecule is Nc1cncc(N)c1N1CC(Cl)CC1=O. The highest BCUT2D eigenvalue weighted by atomic mass is 35.5. The summed E-state index contributed by atoms with van der Waals surface area (Å²) in [5.74, 6) is -0.0559. The van der Waals surface area contributed by atoms with Gasteiger partial charge < -0.3 is 16.4 Å². The van der Waals surface area contributed by atoms with Gasteiger partial charge in [-0.2, -0.15) is 0 Å². The summed E-state index contributed by atoms with van der Waals surface area (Å²) in [6.45, 7) is 0.443. The number of hydrogen-bond donors (Lipinski definition) is 2. The molecule has 4 N–H and O–H groups in total. The minimum Gasteiger partial charge on any atom is -0.396 e. The Bertz CT molecular complexity index is 389. The molecule has 1 aliphatic rings. The zero-order chi connectivity index (χ0) is 11.0. The van der Waals surface area contributed by atoms with Crippen molar-refractivity contribution in [3.63, 3.8) is 0 Å². The van der Waals surface area contributed by atoms with E-state index in [-0.39, 0.29) is 11.3 Å². The van der Waals surface area contributed by atoms with Crippen LogP contribution in [0.25, 0.3) is 0 Å². The number of anilines is 3. The molecule has 0 aliphatic carbocycles. The van der Waals surface area contributed by atoms with E-state index < -0.39 is 0 Å². The molecule has 2 rings (SSSR count). The van der Waals surface area contributed by atoms with Crippen LogP contribution in [0.4, 0.5) is 17.1 Å². The number of carbonyl (C=O) groups is 1. The lowest BCUT2D eigenvalue weighted by molar-refractivity contribution is -0.117.